The first-order valence-electron chi connectivity index (χ1n) is 6.80. The van der Waals surface area contributed by atoms with Crippen LogP contribution in [0.4, 0.5) is 0 Å². The third kappa shape index (κ3) is 3.16. The zero-order valence-corrected chi connectivity index (χ0v) is 12.0. The summed E-state index contributed by atoms with van der Waals surface area (Å²) in [7, 11) is 2.22. The predicted octanol–water partition coefficient (Wildman–Crippen LogP) is 1.71. The van der Waals surface area contributed by atoms with Gasteiger partial charge in [-0.25, -0.2) is 0 Å². The van der Waals surface area contributed by atoms with E-state index in [1.807, 2.05) is 0 Å². The van der Waals surface area contributed by atoms with Gasteiger partial charge in [-0.15, -0.1) is 0 Å². The van der Waals surface area contributed by atoms with E-state index in [0.717, 1.165) is 19.6 Å². The van der Waals surface area contributed by atoms with Crippen LogP contribution in [0.25, 0.3) is 0 Å². The molecule has 2 saturated heterocycles. The van der Waals surface area contributed by atoms with Crippen LogP contribution in [0.15, 0.2) is 0 Å². The van der Waals surface area contributed by atoms with Crippen LogP contribution in [-0.2, 0) is 4.74 Å². The molecule has 0 saturated carbocycles. The highest BCUT2D eigenvalue weighted by Gasteiger charge is 2.40. The highest BCUT2D eigenvalue weighted by atomic mass is 32.2. The number of ether oxygens (including phenoxy) is 1. The van der Waals surface area contributed by atoms with Gasteiger partial charge in [0.05, 0.1) is 5.60 Å². The van der Waals surface area contributed by atoms with E-state index < -0.39 is 0 Å². The number of nitrogens with two attached hydrogens (primary N) is 1. The molecule has 0 aromatic carbocycles. The van der Waals surface area contributed by atoms with E-state index in [0.29, 0.717) is 12.1 Å². The summed E-state index contributed by atoms with van der Waals surface area (Å²) in [6, 6.07) is 1.14. The Morgan fingerprint density at radius 2 is 2.18 bits per heavy atom. The maximum absolute atomic E-state index is 6.13. The SMILES string of the molecule is CC(CN)N(C)C1CCOC2(CCSCC2)C1. The van der Waals surface area contributed by atoms with Crippen LogP contribution in [0.3, 0.4) is 0 Å². The van der Waals surface area contributed by atoms with Gasteiger partial charge in [0.15, 0.2) is 0 Å². The van der Waals surface area contributed by atoms with Crippen LogP contribution in [0.2, 0.25) is 0 Å². The molecule has 3 nitrogen and oxygen atoms in total. The van der Waals surface area contributed by atoms with E-state index in [4.69, 9.17) is 10.5 Å². The molecule has 0 aromatic heterocycles. The van der Waals surface area contributed by atoms with Crippen molar-refractivity contribution in [1.29, 1.82) is 0 Å². The minimum atomic E-state index is 0.191. The van der Waals surface area contributed by atoms with E-state index >= 15 is 0 Å². The van der Waals surface area contributed by atoms with Gasteiger partial charge in [0, 0.05) is 25.2 Å². The number of likely N-dealkylation sites (N-methyl/N-ethyl adjacent to an activating group) is 1. The Morgan fingerprint density at radius 1 is 1.47 bits per heavy atom. The van der Waals surface area contributed by atoms with Crippen LogP contribution < -0.4 is 5.73 Å². The Hall–Kier alpha value is 0.230. The van der Waals surface area contributed by atoms with Gasteiger partial charge in [-0.3, -0.25) is 4.90 Å². The third-order valence-corrected chi connectivity index (χ3v) is 5.47. The van der Waals surface area contributed by atoms with Crippen LogP contribution >= 0.6 is 11.8 Å². The summed E-state index contributed by atoms with van der Waals surface area (Å²) in [4.78, 5) is 2.46. The lowest BCUT2D eigenvalue weighted by Crippen LogP contribution is -2.52. The Morgan fingerprint density at radius 3 is 2.82 bits per heavy atom. The zero-order valence-electron chi connectivity index (χ0n) is 11.2. The summed E-state index contributed by atoms with van der Waals surface area (Å²) >= 11 is 2.07. The molecule has 2 N–H and O–H groups in total. The molecule has 2 atom stereocenters. The van der Waals surface area contributed by atoms with Crippen molar-refractivity contribution < 1.29 is 4.74 Å². The lowest BCUT2D eigenvalue weighted by Gasteiger charge is -2.46. The van der Waals surface area contributed by atoms with Gasteiger partial charge in [0.2, 0.25) is 0 Å². The van der Waals surface area contributed by atoms with Gasteiger partial charge in [0.25, 0.3) is 0 Å². The van der Waals surface area contributed by atoms with Crippen molar-refractivity contribution in [3.8, 4) is 0 Å². The van der Waals surface area contributed by atoms with Gasteiger partial charge >= 0.3 is 0 Å². The van der Waals surface area contributed by atoms with Crippen LogP contribution in [-0.4, -0.2) is 54.3 Å². The van der Waals surface area contributed by atoms with Crippen molar-refractivity contribution in [2.45, 2.75) is 50.3 Å². The maximum atomic E-state index is 6.13. The zero-order chi connectivity index (χ0) is 12.3. The second-order valence-corrected chi connectivity index (χ2v) is 6.77. The van der Waals surface area contributed by atoms with E-state index in [1.54, 1.807) is 0 Å². The van der Waals surface area contributed by atoms with E-state index in [1.165, 1.54) is 30.8 Å². The van der Waals surface area contributed by atoms with Crippen molar-refractivity contribution in [1.82, 2.24) is 4.90 Å². The molecule has 4 heteroatoms. The molecule has 0 aliphatic carbocycles. The smallest absolute Gasteiger partial charge is 0.0713 e. The topological polar surface area (TPSA) is 38.5 Å². The Bertz CT molecular complexity index is 238. The van der Waals surface area contributed by atoms with Crippen molar-refractivity contribution in [3.63, 3.8) is 0 Å². The van der Waals surface area contributed by atoms with E-state index in [9.17, 15) is 0 Å². The molecule has 0 amide bonds. The molecular weight excluding hydrogens is 232 g/mol. The van der Waals surface area contributed by atoms with Crippen LogP contribution in [0.5, 0.6) is 0 Å². The largest absolute Gasteiger partial charge is 0.375 e. The normalized spacial score (nSPS) is 30.7. The third-order valence-electron chi connectivity index (χ3n) is 4.48. The van der Waals surface area contributed by atoms with Crippen molar-refractivity contribution in [3.05, 3.63) is 0 Å². The molecule has 2 fully saturated rings. The minimum Gasteiger partial charge on any atom is -0.375 e. The predicted molar refractivity (Wildman–Crippen MR) is 74.5 cm³/mol. The van der Waals surface area contributed by atoms with Crippen molar-refractivity contribution in [2.24, 2.45) is 5.73 Å². The van der Waals surface area contributed by atoms with Gasteiger partial charge in [-0.1, -0.05) is 0 Å². The lowest BCUT2D eigenvalue weighted by molar-refractivity contribution is -0.110. The van der Waals surface area contributed by atoms with Crippen LogP contribution in [0.1, 0.15) is 32.6 Å². The quantitative estimate of drug-likeness (QED) is 0.836. The Labute approximate surface area is 109 Å². The highest BCUT2D eigenvalue weighted by Crippen LogP contribution is 2.38. The molecule has 17 heavy (non-hydrogen) atoms. The summed E-state index contributed by atoms with van der Waals surface area (Å²) in [5.41, 5.74) is 5.96. The second-order valence-electron chi connectivity index (χ2n) is 5.54. The maximum Gasteiger partial charge on any atom is 0.0713 e. The number of thioether (sulfide) groups is 1. The standard InChI is InChI=1S/C13H26N2OS/c1-11(10-14)15(2)12-3-6-16-13(9-12)4-7-17-8-5-13/h11-12H,3-10,14H2,1-2H3. The summed E-state index contributed by atoms with van der Waals surface area (Å²) in [6.07, 6.45) is 4.84. The molecule has 2 heterocycles. The average molecular weight is 258 g/mol. The summed E-state index contributed by atoms with van der Waals surface area (Å²) < 4.78 is 6.13. The molecule has 100 valence electrons. The molecule has 0 aromatic rings. The fraction of sp³-hybridized carbons (Fsp3) is 1.00. The Kier molecular flexibility index (Phi) is 4.75. The monoisotopic (exact) mass is 258 g/mol. The van der Waals surface area contributed by atoms with E-state index in [2.05, 4.69) is 30.6 Å². The van der Waals surface area contributed by atoms with Gasteiger partial charge < -0.3 is 10.5 Å². The summed E-state index contributed by atoms with van der Waals surface area (Å²) in [5.74, 6) is 2.53. The molecule has 0 radical (unpaired) electrons. The molecule has 2 aliphatic heterocycles. The van der Waals surface area contributed by atoms with Crippen LogP contribution in [0, 0.1) is 0 Å². The first-order chi connectivity index (χ1) is 8.17. The number of hydrogen-bond acceptors (Lipinski definition) is 4. The lowest BCUT2D eigenvalue weighted by atomic mass is 9.84. The number of nitrogens with zero attached hydrogens (tertiary/aromatic N) is 1. The van der Waals surface area contributed by atoms with Gasteiger partial charge in [-0.05, 0) is 51.2 Å². The first kappa shape index (κ1) is 13.7. The number of hydrogen-bond donors (Lipinski definition) is 1. The Balaban J connectivity index is 1.96. The van der Waals surface area contributed by atoms with E-state index in [-0.39, 0.29) is 5.60 Å². The van der Waals surface area contributed by atoms with Gasteiger partial charge in [-0.2, -0.15) is 11.8 Å². The first-order valence-corrected chi connectivity index (χ1v) is 7.96. The van der Waals surface area contributed by atoms with Crippen molar-refractivity contribution in [2.75, 3.05) is 31.7 Å². The van der Waals surface area contributed by atoms with Crippen molar-refractivity contribution >= 4 is 11.8 Å². The minimum absolute atomic E-state index is 0.191. The number of rotatable bonds is 3. The highest BCUT2D eigenvalue weighted by molar-refractivity contribution is 7.99. The molecule has 1 spiro atoms. The molecular formula is C13H26N2OS. The molecule has 2 unspecified atom stereocenters. The fourth-order valence-electron chi connectivity index (χ4n) is 2.97. The fourth-order valence-corrected chi connectivity index (χ4v) is 4.20. The summed E-state index contributed by atoms with van der Waals surface area (Å²) in [5, 5.41) is 0. The molecule has 2 rings (SSSR count). The summed E-state index contributed by atoms with van der Waals surface area (Å²) in [6.45, 7) is 3.90. The second kappa shape index (κ2) is 5.91. The molecule has 2 aliphatic rings. The molecule has 0 bridgehead atoms. The van der Waals surface area contributed by atoms with Gasteiger partial charge in [0.1, 0.15) is 0 Å². The average Bonchev–Trinajstić information content (AvgIpc) is 2.38.